The molecule has 1 aromatic carbocycles. The van der Waals surface area contributed by atoms with E-state index in [1.807, 2.05) is 0 Å². The van der Waals surface area contributed by atoms with Crippen LogP contribution in [-0.4, -0.2) is 23.0 Å². The molecule has 1 aliphatic rings. The summed E-state index contributed by atoms with van der Waals surface area (Å²) in [6, 6.07) is 1.13. The van der Waals surface area contributed by atoms with E-state index in [-0.39, 0.29) is 11.6 Å². The molecule has 0 atom stereocenters. The average molecular weight is 269 g/mol. The summed E-state index contributed by atoms with van der Waals surface area (Å²) in [6.45, 7) is 0. The fourth-order valence-electron chi connectivity index (χ4n) is 2.24. The minimum atomic E-state index is -1.46. The van der Waals surface area contributed by atoms with E-state index in [0.717, 1.165) is 25.7 Å². The number of rotatable bonds is 3. The van der Waals surface area contributed by atoms with Gasteiger partial charge in [0.1, 0.15) is 0 Å². The first-order valence-corrected chi connectivity index (χ1v) is 6.02. The predicted molar refractivity (Wildman–Crippen MR) is 63.0 cm³/mol. The molecule has 1 saturated carbocycles. The van der Waals surface area contributed by atoms with Crippen molar-refractivity contribution in [2.45, 2.75) is 31.7 Å². The van der Waals surface area contributed by atoms with Crippen LogP contribution in [0, 0.1) is 11.6 Å². The number of nitrogens with one attached hydrogen (secondary N) is 1. The SMILES string of the molecule is O=C(O)c1cc(F)c(F)cc1C(=O)NC1CCCC1. The maximum Gasteiger partial charge on any atom is 0.336 e. The first-order chi connectivity index (χ1) is 8.99. The van der Waals surface area contributed by atoms with Crippen LogP contribution in [0.15, 0.2) is 12.1 Å². The summed E-state index contributed by atoms with van der Waals surface area (Å²) < 4.78 is 26.2. The van der Waals surface area contributed by atoms with E-state index in [0.29, 0.717) is 12.1 Å². The molecular formula is C13H13F2NO3. The lowest BCUT2D eigenvalue weighted by molar-refractivity contribution is 0.0689. The molecule has 0 saturated heterocycles. The third-order valence-corrected chi connectivity index (χ3v) is 3.23. The number of amides is 1. The highest BCUT2D eigenvalue weighted by Gasteiger charge is 2.23. The molecule has 2 N–H and O–H groups in total. The van der Waals surface area contributed by atoms with E-state index >= 15 is 0 Å². The Morgan fingerprint density at radius 1 is 1.11 bits per heavy atom. The number of hydrogen-bond acceptors (Lipinski definition) is 2. The second-order valence-corrected chi connectivity index (χ2v) is 4.57. The molecule has 1 fully saturated rings. The van der Waals surface area contributed by atoms with Gasteiger partial charge in [-0.15, -0.1) is 0 Å². The summed E-state index contributed by atoms with van der Waals surface area (Å²) in [5.41, 5.74) is -0.882. The lowest BCUT2D eigenvalue weighted by Crippen LogP contribution is -2.33. The number of benzene rings is 1. The largest absolute Gasteiger partial charge is 0.478 e. The van der Waals surface area contributed by atoms with Gasteiger partial charge in [-0.2, -0.15) is 0 Å². The van der Waals surface area contributed by atoms with E-state index in [2.05, 4.69) is 5.32 Å². The fourth-order valence-corrected chi connectivity index (χ4v) is 2.24. The summed E-state index contributed by atoms with van der Waals surface area (Å²) in [6.07, 6.45) is 3.62. The summed E-state index contributed by atoms with van der Waals surface area (Å²) in [7, 11) is 0. The topological polar surface area (TPSA) is 66.4 Å². The van der Waals surface area contributed by atoms with Crippen molar-refractivity contribution in [3.05, 3.63) is 34.9 Å². The molecule has 0 aromatic heterocycles. The number of carbonyl (C=O) groups is 2. The molecule has 1 aromatic rings. The van der Waals surface area contributed by atoms with Crippen molar-refractivity contribution in [2.24, 2.45) is 0 Å². The summed E-state index contributed by atoms with van der Waals surface area (Å²) >= 11 is 0. The lowest BCUT2D eigenvalue weighted by Gasteiger charge is -2.13. The zero-order valence-electron chi connectivity index (χ0n) is 10.1. The fraction of sp³-hybridized carbons (Fsp3) is 0.385. The van der Waals surface area contributed by atoms with Gasteiger partial charge in [0.2, 0.25) is 0 Å². The molecule has 4 nitrogen and oxygen atoms in total. The Kier molecular flexibility index (Phi) is 3.78. The van der Waals surface area contributed by atoms with Gasteiger partial charge < -0.3 is 10.4 Å². The van der Waals surface area contributed by atoms with Gasteiger partial charge in [0.05, 0.1) is 11.1 Å². The molecule has 0 spiro atoms. The molecule has 0 radical (unpaired) electrons. The van der Waals surface area contributed by atoms with Crippen molar-refractivity contribution < 1.29 is 23.5 Å². The van der Waals surface area contributed by atoms with Crippen LogP contribution in [-0.2, 0) is 0 Å². The van der Waals surface area contributed by atoms with Crippen LogP contribution in [0.3, 0.4) is 0 Å². The van der Waals surface area contributed by atoms with Crippen molar-refractivity contribution >= 4 is 11.9 Å². The molecule has 1 aliphatic carbocycles. The maximum atomic E-state index is 13.1. The molecule has 0 bridgehead atoms. The normalized spacial score (nSPS) is 15.5. The molecule has 19 heavy (non-hydrogen) atoms. The zero-order valence-corrected chi connectivity index (χ0v) is 10.1. The first kappa shape index (κ1) is 13.5. The second-order valence-electron chi connectivity index (χ2n) is 4.57. The Bertz CT molecular complexity index is 525. The van der Waals surface area contributed by atoms with Gasteiger partial charge in [-0.25, -0.2) is 13.6 Å². The monoisotopic (exact) mass is 269 g/mol. The van der Waals surface area contributed by atoms with Crippen molar-refractivity contribution in [3.8, 4) is 0 Å². The molecule has 1 amide bonds. The van der Waals surface area contributed by atoms with E-state index < -0.39 is 29.1 Å². The van der Waals surface area contributed by atoms with Crippen molar-refractivity contribution in [1.82, 2.24) is 5.32 Å². The molecule has 0 aliphatic heterocycles. The van der Waals surface area contributed by atoms with Gasteiger partial charge in [-0.05, 0) is 25.0 Å². The summed E-state index contributed by atoms with van der Waals surface area (Å²) in [5, 5.41) is 11.6. The van der Waals surface area contributed by atoms with Crippen LogP contribution in [0.4, 0.5) is 8.78 Å². The Labute approximate surface area is 108 Å². The van der Waals surface area contributed by atoms with Crippen molar-refractivity contribution in [1.29, 1.82) is 0 Å². The minimum absolute atomic E-state index is 0.0257. The highest BCUT2D eigenvalue weighted by Crippen LogP contribution is 2.20. The molecular weight excluding hydrogens is 256 g/mol. The summed E-state index contributed by atoms with van der Waals surface area (Å²) in [5.74, 6) is -4.66. The Balaban J connectivity index is 2.28. The highest BCUT2D eigenvalue weighted by molar-refractivity contribution is 6.04. The van der Waals surface area contributed by atoms with Crippen LogP contribution in [0.1, 0.15) is 46.4 Å². The number of carboxylic acids is 1. The molecule has 102 valence electrons. The average Bonchev–Trinajstić information content (AvgIpc) is 2.84. The Morgan fingerprint density at radius 3 is 2.16 bits per heavy atom. The first-order valence-electron chi connectivity index (χ1n) is 6.02. The Morgan fingerprint density at radius 2 is 1.63 bits per heavy atom. The van der Waals surface area contributed by atoms with Crippen LogP contribution < -0.4 is 5.32 Å². The number of aromatic carboxylic acids is 1. The van der Waals surface area contributed by atoms with Crippen LogP contribution in [0.5, 0.6) is 0 Å². The van der Waals surface area contributed by atoms with Crippen LogP contribution in [0.25, 0.3) is 0 Å². The summed E-state index contributed by atoms with van der Waals surface area (Å²) in [4.78, 5) is 22.9. The zero-order chi connectivity index (χ0) is 14.0. The lowest BCUT2D eigenvalue weighted by atomic mass is 10.1. The molecule has 0 heterocycles. The molecule has 2 rings (SSSR count). The van der Waals surface area contributed by atoms with Crippen LogP contribution in [0.2, 0.25) is 0 Å². The van der Waals surface area contributed by atoms with Gasteiger partial charge in [-0.3, -0.25) is 4.79 Å². The third-order valence-electron chi connectivity index (χ3n) is 3.23. The van der Waals surface area contributed by atoms with Gasteiger partial charge in [0.25, 0.3) is 5.91 Å². The maximum absolute atomic E-state index is 13.1. The Hall–Kier alpha value is -1.98. The van der Waals surface area contributed by atoms with Gasteiger partial charge in [0, 0.05) is 6.04 Å². The quantitative estimate of drug-likeness (QED) is 0.885. The van der Waals surface area contributed by atoms with Crippen molar-refractivity contribution in [2.75, 3.05) is 0 Å². The number of carbonyl (C=O) groups excluding carboxylic acids is 1. The van der Waals surface area contributed by atoms with Crippen LogP contribution >= 0.6 is 0 Å². The highest BCUT2D eigenvalue weighted by atomic mass is 19.2. The van der Waals surface area contributed by atoms with E-state index in [1.54, 1.807) is 0 Å². The van der Waals surface area contributed by atoms with E-state index in [1.165, 1.54) is 0 Å². The van der Waals surface area contributed by atoms with Crippen molar-refractivity contribution in [3.63, 3.8) is 0 Å². The number of halogens is 2. The van der Waals surface area contributed by atoms with Gasteiger partial charge >= 0.3 is 5.97 Å². The standard InChI is InChI=1S/C13H13F2NO3/c14-10-5-8(9(13(18)19)6-11(10)15)12(17)16-7-3-1-2-4-7/h5-7H,1-4H2,(H,16,17)(H,18,19). The predicted octanol–water partition coefficient (Wildman–Crippen LogP) is 2.34. The molecule has 0 unspecified atom stereocenters. The van der Waals surface area contributed by atoms with Gasteiger partial charge in [-0.1, -0.05) is 12.8 Å². The molecule has 6 heteroatoms. The smallest absolute Gasteiger partial charge is 0.336 e. The second kappa shape index (κ2) is 5.34. The minimum Gasteiger partial charge on any atom is -0.478 e. The number of hydrogen-bond donors (Lipinski definition) is 2. The number of carboxylic acid groups (broad SMARTS) is 1. The van der Waals surface area contributed by atoms with E-state index in [9.17, 15) is 18.4 Å². The van der Waals surface area contributed by atoms with E-state index in [4.69, 9.17) is 5.11 Å². The van der Waals surface area contributed by atoms with Gasteiger partial charge in [0.15, 0.2) is 11.6 Å². The third kappa shape index (κ3) is 2.89.